The van der Waals surface area contributed by atoms with E-state index in [2.05, 4.69) is 15.3 Å². The monoisotopic (exact) mass is 646 g/mol. The number of alkyl carbamates (subject to hydrolysis) is 1. The highest BCUT2D eigenvalue weighted by Crippen LogP contribution is 2.34. The number of aromatic nitrogens is 3. The molecule has 2 heterocycles. The van der Waals surface area contributed by atoms with Crippen LogP contribution in [-0.2, 0) is 30.0 Å². The van der Waals surface area contributed by atoms with Gasteiger partial charge in [0.05, 0.1) is 36.0 Å². The lowest BCUT2D eigenvalue weighted by Crippen LogP contribution is -2.37. The van der Waals surface area contributed by atoms with Gasteiger partial charge in [0.2, 0.25) is 0 Å². The number of para-hydroxylation sites is 1. The average molecular weight is 647 g/mol. The molecule has 0 saturated heterocycles. The standard InChI is InChI=1S/C31H30N6O6S2/c1-4-43-31(39)36-29(32)22-12-10-20(11-13-22)18-44-30-34-23-14-15-24(19(2)27(23)35-30)37(17-26(38)42-3)45(40,41)25-9-5-7-21-8-6-16-33-28(21)25/h5-16H,4,17-18H2,1-3H3,(H,34,35)(H2,32,36,39). The minimum atomic E-state index is -4.25. The number of methoxy groups -OCH3 is 1. The summed E-state index contributed by atoms with van der Waals surface area (Å²) in [6, 6.07) is 18.9. The number of nitrogens with one attached hydrogen (secondary N) is 3. The zero-order valence-electron chi connectivity index (χ0n) is 24.7. The van der Waals surface area contributed by atoms with E-state index in [4.69, 9.17) is 19.9 Å². The summed E-state index contributed by atoms with van der Waals surface area (Å²) in [6.07, 6.45) is 0.844. The number of aromatic amines is 1. The lowest BCUT2D eigenvalue weighted by atomic mass is 10.1. The molecule has 0 atom stereocenters. The fourth-order valence-electron chi connectivity index (χ4n) is 4.66. The Balaban J connectivity index is 1.40. The first-order valence-corrected chi connectivity index (χ1v) is 16.2. The van der Waals surface area contributed by atoms with Crippen LogP contribution in [0.2, 0.25) is 0 Å². The molecule has 0 aliphatic carbocycles. The van der Waals surface area contributed by atoms with Gasteiger partial charge in [-0.05, 0) is 43.7 Å². The van der Waals surface area contributed by atoms with Crippen LogP contribution in [0.1, 0.15) is 23.6 Å². The normalized spacial score (nSPS) is 11.4. The number of pyridine rings is 1. The molecule has 5 rings (SSSR count). The Labute approximate surface area is 263 Å². The van der Waals surface area contributed by atoms with Crippen molar-refractivity contribution in [2.75, 3.05) is 24.6 Å². The third-order valence-electron chi connectivity index (χ3n) is 6.91. The van der Waals surface area contributed by atoms with E-state index >= 15 is 0 Å². The Morgan fingerprint density at radius 1 is 1.04 bits per heavy atom. The van der Waals surface area contributed by atoms with Gasteiger partial charge >= 0.3 is 12.1 Å². The summed E-state index contributed by atoms with van der Waals surface area (Å²) < 4.78 is 38.9. The molecule has 0 aliphatic rings. The molecule has 45 heavy (non-hydrogen) atoms. The number of amidine groups is 1. The van der Waals surface area contributed by atoms with Gasteiger partial charge in [0.1, 0.15) is 17.3 Å². The number of H-pyrrole nitrogens is 1. The highest BCUT2D eigenvalue weighted by molar-refractivity contribution is 7.98. The molecule has 0 bridgehead atoms. The van der Waals surface area contributed by atoms with Crippen LogP contribution in [0.25, 0.3) is 21.9 Å². The number of ether oxygens (including phenoxy) is 2. The van der Waals surface area contributed by atoms with Crippen molar-refractivity contribution in [1.82, 2.24) is 20.3 Å². The molecule has 12 nitrogen and oxygen atoms in total. The van der Waals surface area contributed by atoms with E-state index in [1.165, 1.54) is 31.1 Å². The summed E-state index contributed by atoms with van der Waals surface area (Å²) in [5.74, 6) is -0.222. The lowest BCUT2D eigenvalue weighted by molar-refractivity contribution is -0.138. The van der Waals surface area contributed by atoms with Gasteiger partial charge in [-0.1, -0.05) is 54.2 Å². The van der Waals surface area contributed by atoms with E-state index in [-0.39, 0.29) is 17.3 Å². The first-order valence-electron chi connectivity index (χ1n) is 13.8. The number of benzene rings is 3. The average Bonchev–Trinajstić information content (AvgIpc) is 3.47. The molecule has 0 aliphatic heterocycles. The van der Waals surface area contributed by atoms with E-state index in [0.29, 0.717) is 49.7 Å². The fourth-order valence-corrected chi connectivity index (χ4v) is 7.13. The molecule has 0 fully saturated rings. The van der Waals surface area contributed by atoms with Gasteiger partial charge in [-0.2, -0.15) is 0 Å². The molecule has 3 N–H and O–H groups in total. The number of nitrogens with zero attached hydrogens (tertiary/aromatic N) is 3. The minimum absolute atomic E-state index is 0.0277. The smallest absolute Gasteiger partial charge is 0.412 e. The maximum absolute atomic E-state index is 14.1. The number of carbonyl (C=O) groups is 2. The second-order valence-corrected chi connectivity index (χ2v) is 12.6. The number of hydrogen-bond donors (Lipinski definition) is 3. The Kier molecular flexibility index (Phi) is 9.34. The van der Waals surface area contributed by atoms with Crippen molar-refractivity contribution < 1.29 is 27.5 Å². The number of imidazole rings is 1. The third kappa shape index (κ3) is 6.76. The number of carbonyl (C=O) groups excluding carboxylic acids is 2. The van der Waals surface area contributed by atoms with E-state index < -0.39 is 28.6 Å². The van der Waals surface area contributed by atoms with Crippen molar-refractivity contribution in [1.29, 1.82) is 5.41 Å². The van der Waals surface area contributed by atoms with Gasteiger partial charge in [-0.3, -0.25) is 24.8 Å². The van der Waals surface area contributed by atoms with Gasteiger partial charge in [0.25, 0.3) is 10.0 Å². The third-order valence-corrected chi connectivity index (χ3v) is 9.65. The van der Waals surface area contributed by atoms with Crippen molar-refractivity contribution >= 4 is 67.3 Å². The first kappa shape index (κ1) is 31.5. The molecule has 0 unspecified atom stereocenters. The predicted molar refractivity (Wildman–Crippen MR) is 172 cm³/mol. The van der Waals surface area contributed by atoms with Gasteiger partial charge in [0, 0.05) is 28.5 Å². The fraction of sp³-hybridized carbons (Fsp3) is 0.194. The molecule has 0 radical (unpaired) electrons. The summed E-state index contributed by atoms with van der Waals surface area (Å²) in [4.78, 5) is 36.3. The Hall–Kier alpha value is -4.95. The van der Waals surface area contributed by atoms with E-state index in [1.807, 2.05) is 12.1 Å². The largest absolute Gasteiger partial charge is 0.468 e. The second-order valence-electron chi connectivity index (χ2n) is 9.77. The van der Waals surface area contributed by atoms with Crippen LogP contribution in [0, 0.1) is 12.3 Å². The second kappa shape index (κ2) is 13.4. The van der Waals surface area contributed by atoms with E-state index in [0.717, 1.165) is 9.87 Å². The Bertz CT molecular complexity index is 2010. The number of aryl methyl sites for hydroxylation is 1. The number of thioether (sulfide) groups is 1. The quantitative estimate of drug-likeness (QED) is 0.0804. The maximum atomic E-state index is 14.1. The Morgan fingerprint density at radius 2 is 1.80 bits per heavy atom. The molecule has 14 heteroatoms. The summed E-state index contributed by atoms with van der Waals surface area (Å²) in [6.45, 7) is 3.12. The molecule has 1 amide bonds. The number of amides is 1. The van der Waals surface area contributed by atoms with Crippen molar-refractivity contribution in [3.8, 4) is 0 Å². The van der Waals surface area contributed by atoms with Crippen LogP contribution >= 0.6 is 11.8 Å². The van der Waals surface area contributed by atoms with Crippen LogP contribution in [0.3, 0.4) is 0 Å². The number of rotatable bonds is 10. The maximum Gasteiger partial charge on any atom is 0.412 e. The zero-order valence-corrected chi connectivity index (χ0v) is 26.3. The minimum Gasteiger partial charge on any atom is -0.468 e. The zero-order chi connectivity index (χ0) is 32.1. The number of sulfonamides is 1. The van der Waals surface area contributed by atoms with Crippen molar-refractivity contribution in [3.63, 3.8) is 0 Å². The van der Waals surface area contributed by atoms with E-state index in [9.17, 15) is 18.0 Å². The molecule has 232 valence electrons. The Morgan fingerprint density at radius 3 is 2.53 bits per heavy atom. The number of fused-ring (bicyclic) bond motifs is 2. The van der Waals surface area contributed by atoms with Gasteiger partial charge < -0.3 is 14.5 Å². The molecule has 0 spiro atoms. The molecular formula is C31H30N6O6S2. The highest BCUT2D eigenvalue weighted by atomic mass is 32.2. The number of anilines is 1. The topological polar surface area (TPSA) is 167 Å². The lowest BCUT2D eigenvalue weighted by Gasteiger charge is -2.25. The summed E-state index contributed by atoms with van der Waals surface area (Å²) in [5.41, 5.74) is 3.91. The summed E-state index contributed by atoms with van der Waals surface area (Å²) >= 11 is 1.45. The molecular weight excluding hydrogens is 617 g/mol. The van der Waals surface area contributed by atoms with Gasteiger partial charge in [-0.25, -0.2) is 18.2 Å². The predicted octanol–water partition coefficient (Wildman–Crippen LogP) is 5.15. The molecule has 5 aromatic rings. The van der Waals surface area contributed by atoms with Crippen LogP contribution in [0.15, 0.2) is 83.0 Å². The number of esters is 1. The summed E-state index contributed by atoms with van der Waals surface area (Å²) in [5, 5.41) is 11.7. The van der Waals surface area contributed by atoms with Crippen molar-refractivity contribution in [2.24, 2.45) is 0 Å². The van der Waals surface area contributed by atoms with Crippen molar-refractivity contribution in [2.45, 2.75) is 29.7 Å². The van der Waals surface area contributed by atoms with Crippen LogP contribution in [-0.4, -0.2) is 61.5 Å². The van der Waals surface area contributed by atoms with Gasteiger partial charge in [-0.15, -0.1) is 0 Å². The molecule has 3 aromatic carbocycles. The first-order chi connectivity index (χ1) is 21.6. The summed E-state index contributed by atoms with van der Waals surface area (Å²) in [7, 11) is -3.05. The SMILES string of the molecule is CCOC(=O)NC(=N)c1ccc(CSc2nc3c(C)c(N(CC(=O)OC)S(=O)(=O)c4cccc5cccnc45)ccc3[nH]2)cc1. The number of hydrogen-bond acceptors (Lipinski definition) is 10. The van der Waals surface area contributed by atoms with Crippen LogP contribution in [0.4, 0.5) is 10.5 Å². The molecule has 2 aromatic heterocycles. The van der Waals surface area contributed by atoms with Crippen molar-refractivity contribution in [3.05, 3.63) is 89.6 Å². The highest BCUT2D eigenvalue weighted by Gasteiger charge is 2.31. The van der Waals surface area contributed by atoms with E-state index in [1.54, 1.807) is 62.4 Å². The molecule has 0 saturated carbocycles. The van der Waals surface area contributed by atoms with Gasteiger partial charge in [0.15, 0.2) is 5.16 Å². The van der Waals surface area contributed by atoms with Crippen LogP contribution < -0.4 is 9.62 Å². The van der Waals surface area contributed by atoms with Crippen LogP contribution in [0.5, 0.6) is 0 Å².